The maximum atomic E-state index is 13.2. The molecule has 2 aromatic rings. The molecule has 0 bridgehead atoms. The zero-order chi connectivity index (χ0) is 26.2. The lowest BCUT2D eigenvalue weighted by Gasteiger charge is -2.40. The van der Waals surface area contributed by atoms with Gasteiger partial charge in [-0.3, -0.25) is 0 Å². The van der Waals surface area contributed by atoms with Crippen LogP contribution in [0.4, 0.5) is 0 Å². The number of benzene rings is 2. The Kier molecular flexibility index (Phi) is 8.61. The molecule has 0 N–H and O–H groups in total. The molecule has 0 saturated carbocycles. The first kappa shape index (κ1) is 26.2. The van der Waals surface area contributed by atoms with E-state index in [1.165, 1.54) is 0 Å². The van der Waals surface area contributed by atoms with Gasteiger partial charge in [0.15, 0.2) is 0 Å². The lowest BCUT2D eigenvalue weighted by molar-refractivity contribution is -0.144. The summed E-state index contributed by atoms with van der Waals surface area (Å²) in [6, 6.07) is 17.3. The summed E-state index contributed by atoms with van der Waals surface area (Å²) in [6.07, 6.45) is 0.446. The van der Waals surface area contributed by atoms with E-state index in [-0.39, 0.29) is 17.8 Å². The SMILES string of the molecule is COC(=O)C1=C(C(=O)OC)C(c2ccccc2)N(CCc2ccccc2)C(C(=O)OC)=C1C(=O)OC. The third-order valence-electron chi connectivity index (χ3n) is 5.79. The number of rotatable bonds is 8. The summed E-state index contributed by atoms with van der Waals surface area (Å²) >= 11 is 0. The molecule has 0 amide bonds. The molecule has 188 valence electrons. The number of methoxy groups -OCH3 is 4. The third-order valence-corrected chi connectivity index (χ3v) is 5.79. The Labute approximate surface area is 208 Å². The summed E-state index contributed by atoms with van der Waals surface area (Å²) in [5.41, 5.74) is 0.310. The van der Waals surface area contributed by atoms with Crippen LogP contribution < -0.4 is 0 Å². The molecular weight excluding hydrogens is 466 g/mol. The summed E-state index contributed by atoms with van der Waals surface area (Å²) < 4.78 is 19.9. The van der Waals surface area contributed by atoms with E-state index in [0.29, 0.717) is 12.0 Å². The molecule has 9 nitrogen and oxygen atoms in total. The molecular formula is C27H27NO8. The van der Waals surface area contributed by atoms with Crippen LogP contribution in [0.3, 0.4) is 0 Å². The number of ether oxygens (including phenoxy) is 4. The summed E-state index contributed by atoms with van der Waals surface area (Å²) in [4.78, 5) is 54.0. The molecule has 1 atom stereocenters. The summed E-state index contributed by atoms with van der Waals surface area (Å²) in [6.45, 7) is 0.184. The first-order valence-corrected chi connectivity index (χ1v) is 11.1. The molecule has 0 aliphatic carbocycles. The largest absolute Gasteiger partial charge is 0.466 e. The highest BCUT2D eigenvalue weighted by Crippen LogP contribution is 2.43. The van der Waals surface area contributed by atoms with Gasteiger partial charge in [-0.15, -0.1) is 0 Å². The predicted octanol–water partition coefficient (Wildman–Crippen LogP) is 2.53. The summed E-state index contributed by atoms with van der Waals surface area (Å²) in [5, 5.41) is 0. The Bertz CT molecular complexity index is 1200. The van der Waals surface area contributed by atoms with Gasteiger partial charge in [-0.05, 0) is 17.5 Å². The van der Waals surface area contributed by atoms with Crippen molar-refractivity contribution in [2.45, 2.75) is 12.5 Å². The van der Waals surface area contributed by atoms with Crippen molar-refractivity contribution in [3.05, 3.63) is 94.2 Å². The molecule has 1 unspecified atom stereocenters. The molecule has 3 rings (SSSR count). The van der Waals surface area contributed by atoms with E-state index in [4.69, 9.17) is 18.9 Å². The quantitative estimate of drug-likeness (QED) is 0.405. The van der Waals surface area contributed by atoms with Gasteiger partial charge in [-0.1, -0.05) is 60.7 Å². The molecule has 0 aromatic heterocycles. The van der Waals surface area contributed by atoms with Crippen molar-refractivity contribution in [2.24, 2.45) is 0 Å². The van der Waals surface area contributed by atoms with Crippen LogP contribution in [0, 0.1) is 0 Å². The molecule has 2 aromatic carbocycles. The van der Waals surface area contributed by atoms with Crippen LogP contribution >= 0.6 is 0 Å². The van der Waals surface area contributed by atoms with Gasteiger partial charge in [0.25, 0.3) is 0 Å². The molecule has 1 aliphatic rings. The van der Waals surface area contributed by atoms with Gasteiger partial charge in [0.1, 0.15) is 11.3 Å². The van der Waals surface area contributed by atoms with Crippen LogP contribution in [-0.2, 0) is 44.5 Å². The van der Waals surface area contributed by atoms with E-state index in [1.807, 2.05) is 30.3 Å². The second-order valence-corrected chi connectivity index (χ2v) is 7.72. The lowest BCUT2D eigenvalue weighted by Crippen LogP contribution is -2.43. The van der Waals surface area contributed by atoms with Crippen molar-refractivity contribution in [3.8, 4) is 0 Å². The molecule has 0 fully saturated rings. The maximum Gasteiger partial charge on any atom is 0.355 e. The van der Waals surface area contributed by atoms with E-state index < -0.39 is 41.1 Å². The van der Waals surface area contributed by atoms with Crippen molar-refractivity contribution >= 4 is 23.9 Å². The van der Waals surface area contributed by atoms with Gasteiger partial charge in [0.05, 0.1) is 45.6 Å². The van der Waals surface area contributed by atoms with Crippen LogP contribution in [0.25, 0.3) is 0 Å². The second-order valence-electron chi connectivity index (χ2n) is 7.72. The average molecular weight is 494 g/mol. The van der Waals surface area contributed by atoms with Crippen LogP contribution in [0.1, 0.15) is 17.2 Å². The van der Waals surface area contributed by atoms with Crippen LogP contribution in [0.5, 0.6) is 0 Å². The monoisotopic (exact) mass is 493 g/mol. The van der Waals surface area contributed by atoms with Gasteiger partial charge in [-0.2, -0.15) is 0 Å². The minimum atomic E-state index is -1.01. The van der Waals surface area contributed by atoms with Crippen molar-refractivity contribution in [3.63, 3.8) is 0 Å². The fourth-order valence-electron chi connectivity index (χ4n) is 4.19. The van der Waals surface area contributed by atoms with Crippen molar-refractivity contribution in [1.29, 1.82) is 0 Å². The second kappa shape index (κ2) is 11.8. The van der Waals surface area contributed by atoms with Gasteiger partial charge in [0, 0.05) is 6.54 Å². The van der Waals surface area contributed by atoms with Crippen LogP contribution in [0.15, 0.2) is 83.1 Å². The van der Waals surface area contributed by atoms with Crippen LogP contribution in [-0.4, -0.2) is 63.8 Å². The molecule has 0 saturated heterocycles. The van der Waals surface area contributed by atoms with Crippen molar-refractivity contribution in [2.75, 3.05) is 35.0 Å². The highest BCUT2D eigenvalue weighted by molar-refractivity contribution is 6.16. The Morgan fingerprint density at radius 3 is 1.69 bits per heavy atom. The maximum absolute atomic E-state index is 13.2. The lowest BCUT2D eigenvalue weighted by atomic mass is 9.84. The molecule has 9 heteroatoms. The van der Waals surface area contributed by atoms with Gasteiger partial charge < -0.3 is 23.8 Å². The Balaban J connectivity index is 2.39. The minimum absolute atomic E-state index is 0.156. The molecule has 1 aliphatic heterocycles. The zero-order valence-electron chi connectivity index (χ0n) is 20.5. The van der Waals surface area contributed by atoms with E-state index in [9.17, 15) is 19.2 Å². The van der Waals surface area contributed by atoms with Crippen molar-refractivity contribution in [1.82, 2.24) is 4.90 Å². The number of carbonyl (C=O) groups excluding carboxylic acids is 4. The number of nitrogens with zero attached hydrogens (tertiary/aromatic N) is 1. The predicted molar refractivity (Wildman–Crippen MR) is 128 cm³/mol. The number of carbonyl (C=O) groups is 4. The first-order chi connectivity index (χ1) is 17.4. The van der Waals surface area contributed by atoms with E-state index in [0.717, 1.165) is 34.0 Å². The first-order valence-electron chi connectivity index (χ1n) is 11.1. The number of hydrogen-bond acceptors (Lipinski definition) is 9. The van der Waals surface area contributed by atoms with Gasteiger partial charge >= 0.3 is 23.9 Å². The fourth-order valence-corrected chi connectivity index (χ4v) is 4.19. The molecule has 36 heavy (non-hydrogen) atoms. The molecule has 0 radical (unpaired) electrons. The minimum Gasteiger partial charge on any atom is -0.466 e. The van der Waals surface area contributed by atoms with Gasteiger partial charge in [-0.25, -0.2) is 19.2 Å². The van der Waals surface area contributed by atoms with Crippen LogP contribution in [0.2, 0.25) is 0 Å². The molecule has 0 spiro atoms. The smallest absolute Gasteiger partial charge is 0.355 e. The summed E-state index contributed by atoms with van der Waals surface area (Å²) in [7, 11) is 4.54. The normalized spacial score (nSPS) is 15.3. The average Bonchev–Trinajstić information content (AvgIpc) is 2.94. The Morgan fingerprint density at radius 2 is 1.17 bits per heavy atom. The molecule has 1 heterocycles. The van der Waals surface area contributed by atoms with E-state index in [2.05, 4.69) is 0 Å². The van der Waals surface area contributed by atoms with E-state index >= 15 is 0 Å². The topological polar surface area (TPSA) is 108 Å². The third kappa shape index (κ3) is 5.14. The van der Waals surface area contributed by atoms with Crippen molar-refractivity contribution < 1.29 is 38.1 Å². The van der Waals surface area contributed by atoms with Gasteiger partial charge in [0.2, 0.25) is 0 Å². The van der Waals surface area contributed by atoms with E-state index in [1.54, 1.807) is 35.2 Å². The zero-order valence-corrected chi connectivity index (χ0v) is 20.5. The standard InChI is InChI=1S/C27H27NO8/c1-33-24(29)19-20(25(30)34-2)22(18-13-9-6-10-14-18)28(16-15-17-11-7-5-8-12-17)23(27(32)36-4)21(19)26(31)35-3/h5-14,22H,15-16H2,1-4H3. The highest BCUT2D eigenvalue weighted by Gasteiger charge is 2.47. The number of hydrogen-bond donors (Lipinski definition) is 0. The fraction of sp³-hybridized carbons (Fsp3) is 0.259. The Hall–Kier alpha value is -4.40. The number of esters is 4. The Morgan fingerprint density at radius 1 is 0.667 bits per heavy atom. The summed E-state index contributed by atoms with van der Waals surface area (Å²) in [5.74, 6) is -3.75. The highest BCUT2D eigenvalue weighted by atomic mass is 16.5.